The summed E-state index contributed by atoms with van der Waals surface area (Å²) in [5.41, 5.74) is 1.92. The molecule has 2 aromatic rings. The molecule has 0 saturated carbocycles. The zero-order valence-electron chi connectivity index (χ0n) is 19.1. The van der Waals surface area contributed by atoms with Crippen LogP contribution in [0.5, 0.6) is 0 Å². The Morgan fingerprint density at radius 3 is 2.24 bits per heavy atom. The molecule has 1 atom stereocenters. The van der Waals surface area contributed by atoms with Crippen LogP contribution in [-0.4, -0.2) is 74.9 Å². The summed E-state index contributed by atoms with van der Waals surface area (Å²) in [4.78, 5) is 27.2. The molecule has 1 aliphatic heterocycles. The summed E-state index contributed by atoms with van der Waals surface area (Å²) >= 11 is 0. The van der Waals surface area contributed by atoms with Gasteiger partial charge in [-0.2, -0.15) is 4.31 Å². The van der Waals surface area contributed by atoms with Crippen LogP contribution < -0.4 is 5.32 Å². The third-order valence-corrected chi connectivity index (χ3v) is 7.46. The van der Waals surface area contributed by atoms with Crippen LogP contribution in [0.1, 0.15) is 18.1 Å². The van der Waals surface area contributed by atoms with Gasteiger partial charge in [-0.3, -0.25) is 9.69 Å². The highest BCUT2D eigenvalue weighted by Gasteiger charge is 2.30. The predicted molar refractivity (Wildman–Crippen MR) is 125 cm³/mol. The van der Waals surface area contributed by atoms with Crippen molar-refractivity contribution in [1.29, 1.82) is 0 Å². The van der Waals surface area contributed by atoms with Crippen molar-refractivity contribution >= 4 is 21.9 Å². The van der Waals surface area contributed by atoms with E-state index >= 15 is 0 Å². The topological polar surface area (TPSA) is 96.0 Å². The number of nitrogens with zero attached hydrogens (tertiary/aromatic N) is 2. The largest absolute Gasteiger partial charge is 0.464 e. The highest BCUT2D eigenvalue weighted by atomic mass is 32.2. The molecule has 1 unspecified atom stereocenters. The third kappa shape index (κ3) is 6.86. The van der Waals surface area contributed by atoms with Crippen molar-refractivity contribution in [3.05, 3.63) is 65.7 Å². The van der Waals surface area contributed by atoms with E-state index in [-0.39, 0.29) is 24.0 Å². The zero-order chi connectivity index (χ0) is 23.8. The Morgan fingerprint density at radius 2 is 1.64 bits per heavy atom. The Labute approximate surface area is 195 Å². The first-order valence-electron chi connectivity index (χ1n) is 11.1. The van der Waals surface area contributed by atoms with Crippen molar-refractivity contribution < 1.29 is 22.7 Å². The van der Waals surface area contributed by atoms with Crippen molar-refractivity contribution in [3.63, 3.8) is 0 Å². The Balaban J connectivity index is 1.54. The minimum atomic E-state index is -3.56. The lowest BCUT2D eigenvalue weighted by Gasteiger charge is -2.33. The van der Waals surface area contributed by atoms with E-state index in [9.17, 15) is 18.0 Å². The molecule has 8 nitrogen and oxygen atoms in total. The van der Waals surface area contributed by atoms with Crippen LogP contribution in [-0.2, 0) is 30.8 Å². The molecule has 1 aliphatic rings. The first kappa shape index (κ1) is 24.9. The first-order valence-corrected chi connectivity index (χ1v) is 12.5. The number of benzene rings is 2. The second-order valence-corrected chi connectivity index (χ2v) is 9.99. The molecule has 0 radical (unpaired) electrons. The van der Waals surface area contributed by atoms with Gasteiger partial charge in [0.05, 0.1) is 18.0 Å². The number of amides is 1. The van der Waals surface area contributed by atoms with Crippen LogP contribution in [0, 0.1) is 6.92 Å². The minimum Gasteiger partial charge on any atom is -0.464 e. The van der Waals surface area contributed by atoms with E-state index in [2.05, 4.69) is 5.32 Å². The molecular formula is C24H31N3O5S. The van der Waals surface area contributed by atoms with E-state index in [4.69, 9.17) is 4.74 Å². The molecule has 178 valence electrons. The lowest BCUT2D eigenvalue weighted by atomic mass is 10.1. The van der Waals surface area contributed by atoms with Crippen molar-refractivity contribution in [3.8, 4) is 0 Å². The van der Waals surface area contributed by atoms with Gasteiger partial charge in [0.15, 0.2) is 0 Å². The van der Waals surface area contributed by atoms with Crippen LogP contribution in [0.3, 0.4) is 0 Å². The molecule has 2 aromatic carbocycles. The van der Waals surface area contributed by atoms with E-state index in [0.717, 1.165) is 11.1 Å². The van der Waals surface area contributed by atoms with Gasteiger partial charge in [0.1, 0.15) is 6.04 Å². The van der Waals surface area contributed by atoms with Crippen molar-refractivity contribution in [2.24, 2.45) is 0 Å². The van der Waals surface area contributed by atoms with Gasteiger partial charge in [-0.05, 0) is 31.5 Å². The summed E-state index contributed by atoms with van der Waals surface area (Å²) in [6.45, 7) is 5.42. The lowest BCUT2D eigenvalue weighted by Crippen LogP contribution is -2.53. The van der Waals surface area contributed by atoms with Crippen LogP contribution in [0.15, 0.2) is 59.5 Å². The number of hydrogen-bond donors (Lipinski definition) is 1. The number of rotatable bonds is 9. The predicted octanol–water partition coefficient (Wildman–Crippen LogP) is 1.59. The molecule has 1 amide bonds. The molecule has 1 heterocycles. The van der Waals surface area contributed by atoms with E-state index < -0.39 is 22.0 Å². The molecule has 33 heavy (non-hydrogen) atoms. The molecule has 9 heteroatoms. The average Bonchev–Trinajstić information content (AvgIpc) is 2.80. The lowest BCUT2D eigenvalue weighted by molar-refractivity contribution is -0.147. The van der Waals surface area contributed by atoms with Gasteiger partial charge in [-0.15, -0.1) is 0 Å². The first-order chi connectivity index (χ1) is 15.8. The second kappa shape index (κ2) is 11.4. The Morgan fingerprint density at radius 1 is 1.00 bits per heavy atom. The number of hydrogen-bond acceptors (Lipinski definition) is 6. The van der Waals surface area contributed by atoms with E-state index in [1.165, 1.54) is 4.31 Å². The molecule has 3 rings (SSSR count). The number of nitrogens with one attached hydrogen (secondary N) is 1. The van der Waals surface area contributed by atoms with Crippen molar-refractivity contribution in [2.75, 3.05) is 39.3 Å². The summed E-state index contributed by atoms with van der Waals surface area (Å²) in [6.07, 6.45) is 0.341. The third-order valence-electron chi connectivity index (χ3n) is 5.55. The van der Waals surface area contributed by atoms with Crippen LogP contribution in [0.4, 0.5) is 0 Å². The molecule has 1 N–H and O–H groups in total. The smallest absolute Gasteiger partial charge is 0.328 e. The van der Waals surface area contributed by atoms with Gasteiger partial charge in [-0.1, -0.05) is 48.0 Å². The number of sulfonamides is 1. The van der Waals surface area contributed by atoms with Crippen LogP contribution >= 0.6 is 0 Å². The van der Waals surface area contributed by atoms with E-state index in [1.807, 2.05) is 42.2 Å². The van der Waals surface area contributed by atoms with Crippen molar-refractivity contribution in [2.45, 2.75) is 31.2 Å². The number of esters is 1. The molecule has 0 bridgehead atoms. The maximum Gasteiger partial charge on any atom is 0.328 e. The summed E-state index contributed by atoms with van der Waals surface area (Å²) < 4.78 is 32.3. The Bertz CT molecular complexity index is 1030. The van der Waals surface area contributed by atoms with E-state index in [1.54, 1.807) is 31.2 Å². The fraction of sp³-hybridized carbons (Fsp3) is 0.417. The highest BCUT2D eigenvalue weighted by molar-refractivity contribution is 7.89. The minimum absolute atomic E-state index is 0.0864. The zero-order valence-corrected chi connectivity index (χ0v) is 19.9. The van der Waals surface area contributed by atoms with Crippen LogP contribution in [0.2, 0.25) is 0 Å². The number of carbonyl (C=O) groups is 2. The maximum atomic E-state index is 12.9. The van der Waals surface area contributed by atoms with Gasteiger partial charge in [0, 0.05) is 32.6 Å². The Hall–Kier alpha value is -2.75. The van der Waals surface area contributed by atoms with Gasteiger partial charge >= 0.3 is 5.97 Å². The molecule has 1 fully saturated rings. The van der Waals surface area contributed by atoms with E-state index in [0.29, 0.717) is 32.6 Å². The number of piperazine rings is 1. The van der Waals surface area contributed by atoms with Gasteiger partial charge in [0.2, 0.25) is 15.9 Å². The summed E-state index contributed by atoms with van der Waals surface area (Å²) in [7, 11) is -3.56. The number of ether oxygens (including phenoxy) is 1. The van der Waals surface area contributed by atoms with Crippen LogP contribution in [0.25, 0.3) is 0 Å². The summed E-state index contributed by atoms with van der Waals surface area (Å²) in [6, 6.07) is 15.5. The van der Waals surface area contributed by atoms with Crippen molar-refractivity contribution in [1.82, 2.24) is 14.5 Å². The SMILES string of the molecule is CCOC(=O)C(Cc1ccccc1)NC(=O)CN1CCN(S(=O)(=O)c2ccc(C)cc2)CC1. The fourth-order valence-electron chi connectivity index (χ4n) is 3.72. The average molecular weight is 474 g/mol. The monoisotopic (exact) mass is 473 g/mol. The molecule has 0 aromatic heterocycles. The summed E-state index contributed by atoms with van der Waals surface area (Å²) in [5, 5.41) is 2.78. The molecule has 0 aliphatic carbocycles. The normalized spacial score (nSPS) is 16.2. The second-order valence-electron chi connectivity index (χ2n) is 8.06. The number of carbonyl (C=O) groups excluding carboxylic acids is 2. The molecule has 0 spiro atoms. The van der Waals surface area contributed by atoms with Gasteiger partial charge < -0.3 is 10.1 Å². The van der Waals surface area contributed by atoms with Gasteiger partial charge in [0.25, 0.3) is 0 Å². The molecule has 1 saturated heterocycles. The number of aryl methyl sites for hydroxylation is 1. The standard InChI is InChI=1S/C24H31N3O5S/c1-3-32-24(29)22(17-20-7-5-4-6-8-20)25-23(28)18-26-13-15-27(16-14-26)33(30,31)21-11-9-19(2)10-12-21/h4-12,22H,3,13-18H2,1-2H3,(H,25,28). The fourth-order valence-corrected chi connectivity index (χ4v) is 5.14. The molecular weight excluding hydrogens is 442 g/mol. The quantitative estimate of drug-likeness (QED) is 0.556. The van der Waals surface area contributed by atoms with Gasteiger partial charge in [-0.25, -0.2) is 13.2 Å². The Kier molecular flexibility index (Phi) is 8.60. The highest BCUT2D eigenvalue weighted by Crippen LogP contribution is 2.18. The maximum absolute atomic E-state index is 12.9. The summed E-state index contributed by atoms with van der Waals surface area (Å²) in [5.74, 6) is -0.762.